The Bertz CT molecular complexity index is 930. The molecule has 6 nitrogen and oxygen atoms in total. The van der Waals surface area contributed by atoms with Crippen LogP contribution in [0.4, 0.5) is 0 Å². The van der Waals surface area contributed by atoms with Gasteiger partial charge in [0.25, 0.3) is 5.91 Å². The summed E-state index contributed by atoms with van der Waals surface area (Å²) in [5, 5.41) is 0. The van der Waals surface area contributed by atoms with Crippen LogP contribution in [0.15, 0.2) is 48.5 Å². The maximum absolute atomic E-state index is 12.9. The summed E-state index contributed by atoms with van der Waals surface area (Å²) in [6.07, 6.45) is 0.594. The number of amides is 3. The quantitative estimate of drug-likeness (QED) is 0.718. The largest absolute Gasteiger partial charge is 0.336 e. The molecule has 3 amide bonds. The maximum atomic E-state index is 12.9. The first-order valence-corrected chi connectivity index (χ1v) is 10.5. The van der Waals surface area contributed by atoms with Crippen LogP contribution < -0.4 is 0 Å². The van der Waals surface area contributed by atoms with Crippen LogP contribution in [0, 0.1) is 6.92 Å². The molecule has 6 heteroatoms. The Hall–Kier alpha value is -2.99. The van der Waals surface area contributed by atoms with Gasteiger partial charge in [-0.1, -0.05) is 36.4 Å². The van der Waals surface area contributed by atoms with Crippen LogP contribution in [0.2, 0.25) is 0 Å². The van der Waals surface area contributed by atoms with Crippen molar-refractivity contribution in [3.63, 3.8) is 0 Å². The standard InChI is InChI=1S/C24H27N3O3/c1-18-4-2-3-5-21(18)17-25-12-14-26(15-13-25)24(30)20-8-6-19(7-9-20)16-27-22(28)10-11-23(27)29/h2-9H,10-17H2,1H3. The van der Waals surface area contributed by atoms with E-state index < -0.39 is 0 Å². The Kier molecular flexibility index (Phi) is 5.95. The average Bonchev–Trinajstić information content (AvgIpc) is 3.08. The average molecular weight is 405 g/mol. The summed E-state index contributed by atoms with van der Waals surface area (Å²) in [6.45, 7) is 6.47. The molecule has 2 aliphatic heterocycles. The zero-order chi connectivity index (χ0) is 21.1. The predicted molar refractivity (Wildman–Crippen MR) is 114 cm³/mol. The second-order valence-corrected chi connectivity index (χ2v) is 8.07. The summed E-state index contributed by atoms with van der Waals surface area (Å²) >= 11 is 0. The molecule has 2 aromatic rings. The summed E-state index contributed by atoms with van der Waals surface area (Å²) in [5.74, 6) is -0.210. The van der Waals surface area contributed by atoms with Gasteiger partial charge in [-0.25, -0.2) is 0 Å². The van der Waals surface area contributed by atoms with Crippen molar-refractivity contribution < 1.29 is 14.4 Å². The van der Waals surface area contributed by atoms with Gasteiger partial charge in [0.1, 0.15) is 0 Å². The van der Waals surface area contributed by atoms with E-state index in [9.17, 15) is 14.4 Å². The monoisotopic (exact) mass is 405 g/mol. The molecule has 0 aliphatic carbocycles. The molecule has 156 valence electrons. The molecule has 2 saturated heterocycles. The van der Waals surface area contributed by atoms with E-state index in [0.29, 0.717) is 31.5 Å². The third-order valence-corrected chi connectivity index (χ3v) is 6.01. The number of rotatable bonds is 5. The first kappa shape index (κ1) is 20.3. The van der Waals surface area contributed by atoms with E-state index in [1.54, 1.807) is 12.1 Å². The third kappa shape index (κ3) is 4.44. The van der Waals surface area contributed by atoms with Crippen LogP contribution >= 0.6 is 0 Å². The number of hydrogen-bond acceptors (Lipinski definition) is 4. The highest BCUT2D eigenvalue weighted by atomic mass is 16.2. The molecule has 2 aromatic carbocycles. The van der Waals surface area contributed by atoms with Crippen LogP contribution in [-0.4, -0.2) is 58.6 Å². The van der Waals surface area contributed by atoms with Crippen molar-refractivity contribution >= 4 is 17.7 Å². The number of likely N-dealkylation sites (tertiary alicyclic amines) is 1. The fourth-order valence-corrected chi connectivity index (χ4v) is 4.05. The van der Waals surface area contributed by atoms with Gasteiger partial charge in [0.15, 0.2) is 0 Å². The summed E-state index contributed by atoms with van der Waals surface area (Å²) in [6, 6.07) is 15.7. The Morgan fingerprint density at radius 1 is 0.833 bits per heavy atom. The third-order valence-electron chi connectivity index (χ3n) is 6.01. The van der Waals surface area contributed by atoms with E-state index in [0.717, 1.165) is 25.2 Å². The number of benzene rings is 2. The highest BCUT2D eigenvalue weighted by Crippen LogP contribution is 2.18. The lowest BCUT2D eigenvalue weighted by atomic mass is 10.1. The second kappa shape index (κ2) is 8.79. The van der Waals surface area contributed by atoms with Crippen molar-refractivity contribution in [1.82, 2.24) is 14.7 Å². The summed E-state index contributed by atoms with van der Waals surface area (Å²) in [7, 11) is 0. The Balaban J connectivity index is 1.31. The molecular formula is C24H27N3O3. The molecular weight excluding hydrogens is 378 g/mol. The molecule has 0 unspecified atom stereocenters. The van der Waals surface area contributed by atoms with Gasteiger partial charge in [-0.15, -0.1) is 0 Å². The first-order valence-electron chi connectivity index (χ1n) is 10.5. The summed E-state index contributed by atoms with van der Waals surface area (Å²) in [4.78, 5) is 42.0. The van der Waals surface area contributed by atoms with E-state index in [2.05, 4.69) is 36.1 Å². The number of imide groups is 1. The van der Waals surface area contributed by atoms with Gasteiger partial charge in [0, 0.05) is 51.1 Å². The van der Waals surface area contributed by atoms with Crippen LogP contribution in [-0.2, 0) is 22.7 Å². The van der Waals surface area contributed by atoms with Gasteiger partial charge in [-0.3, -0.25) is 24.2 Å². The first-order chi connectivity index (χ1) is 14.5. The normalized spacial score (nSPS) is 17.6. The van der Waals surface area contributed by atoms with Crippen molar-refractivity contribution in [1.29, 1.82) is 0 Å². The van der Waals surface area contributed by atoms with Gasteiger partial charge >= 0.3 is 0 Å². The molecule has 30 heavy (non-hydrogen) atoms. The van der Waals surface area contributed by atoms with Crippen LogP contribution in [0.3, 0.4) is 0 Å². The number of piperazine rings is 1. The zero-order valence-electron chi connectivity index (χ0n) is 17.3. The number of nitrogens with zero attached hydrogens (tertiary/aromatic N) is 3. The molecule has 0 radical (unpaired) electrons. The smallest absolute Gasteiger partial charge is 0.253 e. The summed E-state index contributed by atoms with van der Waals surface area (Å²) < 4.78 is 0. The molecule has 0 atom stereocenters. The number of aryl methyl sites for hydroxylation is 1. The number of hydrogen-bond donors (Lipinski definition) is 0. The van der Waals surface area contributed by atoms with E-state index in [4.69, 9.17) is 0 Å². The van der Waals surface area contributed by atoms with E-state index >= 15 is 0 Å². The maximum Gasteiger partial charge on any atom is 0.253 e. The fraction of sp³-hybridized carbons (Fsp3) is 0.375. The highest BCUT2D eigenvalue weighted by Gasteiger charge is 2.29. The van der Waals surface area contributed by atoms with E-state index in [1.165, 1.54) is 16.0 Å². The lowest BCUT2D eigenvalue weighted by molar-refractivity contribution is -0.139. The lowest BCUT2D eigenvalue weighted by Gasteiger charge is -2.35. The van der Waals surface area contributed by atoms with Gasteiger partial charge in [0.05, 0.1) is 6.54 Å². The minimum absolute atomic E-state index is 0.0328. The molecule has 2 aliphatic rings. The van der Waals surface area contributed by atoms with Gasteiger partial charge in [-0.2, -0.15) is 0 Å². The highest BCUT2D eigenvalue weighted by molar-refractivity contribution is 6.01. The molecule has 2 fully saturated rings. The Labute approximate surface area is 177 Å². The molecule has 0 aromatic heterocycles. The molecule has 0 bridgehead atoms. The Morgan fingerprint density at radius 2 is 1.47 bits per heavy atom. The topological polar surface area (TPSA) is 60.9 Å². The zero-order valence-corrected chi connectivity index (χ0v) is 17.3. The molecule has 0 saturated carbocycles. The van der Waals surface area contributed by atoms with Gasteiger partial charge in [0.2, 0.25) is 11.8 Å². The van der Waals surface area contributed by atoms with E-state index in [1.807, 2.05) is 17.0 Å². The van der Waals surface area contributed by atoms with Crippen LogP contribution in [0.5, 0.6) is 0 Å². The lowest BCUT2D eigenvalue weighted by Crippen LogP contribution is -2.48. The van der Waals surface area contributed by atoms with Crippen molar-refractivity contribution in [3.8, 4) is 0 Å². The van der Waals surface area contributed by atoms with Gasteiger partial charge in [-0.05, 0) is 35.7 Å². The number of carbonyl (C=O) groups is 3. The molecule has 0 N–H and O–H groups in total. The van der Waals surface area contributed by atoms with Crippen LogP contribution in [0.1, 0.15) is 39.9 Å². The molecule has 0 spiro atoms. The van der Waals surface area contributed by atoms with Crippen molar-refractivity contribution in [3.05, 3.63) is 70.8 Å². The number of carbonyl (C=O) groups excluding carboxylic acids is 3. The summed E-state index contributed by atoms with van der Waals surface area (Å²) in [5.41, 5.74) is 4.14. The van der Waals surface area contributed by atoms with Crippen molar-refractivity contribution in [2.75, 3.05) is 26.2 Å². The minimum Gasteiger partial charge on any atom is -0.336 e. The van der Waals surface area contributed by atoms with Crippen molar-refractivity contribution in [2.45, 2.75) is 32.9 Å². The second-order valence-electron chi connectivity index (χ2n) is 8.07. The predicted octanol–water partition coefficient (Wildman–Crippen LogP) is 2.60. The van der Waals surface area contributed by atoms with Crippen LogP contribution in [0.25, 0.3) is 0 Å². The van der Waals surface area contributed by atoms with E-state index in [-0.39, 0.29) is 24.3 Å². The molecule has 4 rings (SSSR count). The van der Waals surface area contributed by atoms with Crippen molar-refractivity contribution in [2.24, 2.45) is 0 Å². The SMILES string of the molecule is Cc1ccccc1CN1CCN(C(=O)c2ccc(CN3C(=O)CCC3=O)cc2)CC1. The molecule has 2 heterocycles. The fourth-order valence-electron chi connectivity index (χ4n) is 4.05. The Morgan fingerprint density at radius 3 is 2.10 bits per heavy atom. The minimum atomic E-state index is -0.122. The van der Waals surface area contributed by atoms with Gasteiger partial charge < -0.3 is 4.90 Å².